The smallest absolute Gasteiger partial charge is 0.123 e. The summed E-state index contributed by atoms with van der Waals surface area (Å²) in [6.45, 7) is 8.35. The predicted molar refractivity (Wildman–Crippen MR) is 82.0 cm³/mol. The van der Waals surface area contributed by atoms with Crippen LogP contribution in [0, 0.1) is 5.92 Å². The fraction of sp³-hybridized carbons (Fsp3) is 0.600. The maximum Gasteiger partial charge on any atom is 0.123 e. The molecular weight excluding hydrogens is 260 g/mol. The Morgan fingerprint density at radius 1 is 1.21 bits per heavy atom. The van der Waals surface area contributed by atoms with Crippen molar-refractivity contribution < 1.29 is 4.74 Å². The van der Waals surface area contributed by atoms with Gasteiger partial charge >= 0.3 is 0 Å². The van der Waals surface area contributed by atoms with Crippen LogP contribution in [0.2, 0.25) is 5.02 Å². The van der Waals surface area contributed by atoms with Crippen molar-refractivity contribution in [3.63, 3.8) is 0 Å². The fourth-order valence-electron chi connectivity index (χ4n) is 1.84. The summed E-state index contributed by atoms with van der Waals surface area (Å²) in [6, 6.07) is 5.70. The van der Waals surface area contributed by atoms with Crippen LogP contribution < -0.4 is 15.4 Å². The molecule has 0 heterocycles. The summed E-state index contributed by atoms with van der Waals surface area (Å²) in [4.78, 5) is 0. The summed E-state index contributed by atoms with van der Waals surface area (Å²) < 4.78 is 5.31. The van der Waals surface area contributed by atoms with E-state index in [1.807, 2.05) is 18.2 Å². The second kappa shape index (κ2) is 9.18. The van der Waals surface area contributed by atoms with Crippen LogP contribution in [-0.4, -0.2) is 26.7 Å². The van der Waals surface area contributed by atoms with Crippen LogP contribution in [0.4, 0.5) is 0 Å². The van der Waals surface area contributed by atoms with E-state index in [0.717, 1.165) is 48.9 Å². The Bertz CT molecular complexity index is 369. The summed E-state index contributed by atoms with van der Waals surface area (Å²) in [6.07, 6.45) is 1.12. The number of rotatable bonds is 9. The third kappa shape index (κ3) is 6.81. The molecule has 0 atom stereocenters. The molecule has 19 heavy (non-hydrogen) atoms. The van der Waals surface area contributed by atoms with Crippen LogP contribution in [-0.2, 0) is 6.54 Å². The summed E-state index contributed by atoms with van der Waals surface area (Å²) in [5.41, 5.74) is 1.10. The third-order valence-electron chi connectivity index (χ3n) is 2.82. The van der Waals surface area contributed by atoms with Crippen molar-refractivity contribution >= 4 is 11.6 Å². The molecule has 1 rings (SSSR count). The summed E-state index contributed by atoms with van der Waals surface area (Å²) in [5, 5.41) is 7.59. The molecule has 0 fully saturated rings. The zero-order valence-corrected chi connectivity index (χ0v) is 12.9. The van der Waals surface area contributed by atoms with Crippen LogP contribution in [0.3, 0.4) is 0 Å². The van der Waals surface area contributed by atoms with Gasteiger partial charge in [0.2, 0.25) is 0 Å². The highest BCUT2D eigenvalue weighted by atomic mass is 35.5. The van der Waals surface area contributed by atoms with E-state index in [4.69, 9.17) is 16.3 Å². The molecule has 2 N–H and O–H groups in total. The van der Waals surface area contributed by atoms with Gasteiger partial charge in [-0.2, -0.15) is 0 Å². The van der Waals surface area contributed by atoms with Gasteiger partial charge in [0.05, 0.1) is 7.11 Å². The Balaban J connectivity index is 2.20. The number of methoxy groups -OCH3 is 1. The Hall–Kier alpha value is -0.770. The molecular formula is C15H25ClN2O. The van der Waals surface area contributed by atoms with Crippen LogP contribution in [0.5, 0.6) is 5.75 Å². The molecule has 1 aromatic rings. The van der Waals surface area contributed by atoms with Crippen LogP contribution in [0.15, 0.2) is 18.2 Å². The first-order valence-electron chi connectivity index (χ1n) is 6.87. The molecule has 0 spiro atoms. The van der Waals surface area contributed by atoms with Gasteiger partial charge in [0.25, 0.3) is 0 Å². The SMILES string of the molecule is COc1ccc(Cl)cc1CNCCCNCC(C)C. The van der Waals surface area contributed by atoms with E-state index in [1.165, 1.54) is 0 Å². The molecule has 0 aliphatic heterocycles. The van der Waals surface area contributed by atoms with Gasteiger partial charge in [0, 0.05) is 17.1 Å². The molecule has 0 aliphatic carbocycles. The van der Waals surface area contributed by atoms with Crippen molar-refractivity contribution in [2.24, 2.45) is 5.92 Å². The third-order valence-corrected chi connectivity index (χ3v) is 3.05. The van der Waals surface area contributed by atoms with Crippen LogP contribution >= 0.6 is 11.6 Å². The van der Waals surface area contributed by atoms with E-state index in [1.54, 1.807) is 7.11 Å². The van der Waals surface area contributed by atoms with E-state index < -0.39 is 0 Å². The number of benzene rings is 1. The summed E-state index contributed by atoms with van der Waals surface area (Å²) in [5.74, 6) is 1.60. The summed E-state index contributed by atoms with van der Waals surface area (Å²) >= 11 is 5.99. The molecule has 1 aromatic carbocycles. The number of halogens is 1. The van der Waals surface area contributed by atoms with Crippen molar-refractivity contribution in [2.75, 3.05) is 26.7 Å². The second-order valence-corrected chi connectivity index (χ2v) is 5.52. The Morgan fingerprint density at radius 3 is 2.63 bits per heavy atom. The average molecular weight is 285 g/mol. The maximum absolute atomic E-state index is 5.99. The summed E-state index contributed by atoms with van der Waals surface area (Å²) in [7, 11) is 1.68. The monoisotopic (exact) mass is 284 g/mol. The first kappa shape index (κ1) is 16.3. The highest BCUT2D eigenvalue weighted by molar-refractivity contribution is 6.30. The van der Waals surface area contributed by atoms with Crippen LogP contribution in [0.1, 0.15) is 25.8 Å². The molecule has 0 saturated heterocycles. The Kier molecular flexibility index (Phi) is 7.87. The number of hydrogen-bond acceptors (Lipinski definition) is 3. The molecule has 0 amide bonds. The van der Waals surface area contributed by atoms with Crippen molar-refractivity contribution in [1.82, 2.24) is 10.6 Å². The van der Waals surface area contributed by atoms with Gasteiger partial charge in [-0.15, -0.1) is 0 Å². The lowest BCUT2D eigenvalue weighted by molar-refractivity contribution is 0.407. The van der Waals surface area contributed by atoms with Gasteiger partial charge in [-0.25, -0.2) is 0 Å². The van der Waals surface area contributed by atoms with Crippen molar-refractivity contribution in [3.05, 3.63) is 28.8 Å². The zero-order chi connectivity index (χ0) is 14.1. The van der Waals surface area contributed by atoms with Gasteiger partial charge in [-0.1, -0.05) is 25.4 Å². The number of ether oxygens (including phenoxy) is 1. The number of nitrogens with one attached hydrogen (secondary N) is 2. The first-order valence-corrected chi connectivity index (χ1v) is 7.25. The first-order chi connectivity index (χ1) is 9.13. The molecule has 0 bridgehead atoms. The van der Waals surface area contributed by atoms with Crippen molar-refractivity contribution in [2.45, 2.75) is 26.8 Å². The quantitative estimate of drug-likeness (QED) is 0.684. The molecule has 108 valence electrons. The van der Waals surface area contributed by atoms with Gasteiger partial charge in [-0.05, 0) is 50.2 Å². The molecule has 0 aromatic heterocycles. The lowest BCUT2D eigenvalue weighted by atomic mass is 10.2. The maximum atomic E-state index is 5.99. The minimum absolute atomic E-state index is 0.712. The van der Waals surface area contributed by atoms with Gasteiger partial charge < -0.3 is 15.4 Å². The lowest BCUT2D eigenvalue weighted by Gasteiger charge is -2.11. The van der Waals surface area contributed by atoms with Crippen molar-refractivity contribution in [3.8, 4) is 5.75 Å². The standard InChI is InChI=1S/C15H25ClN2O/c1-12(2)10-17-7-4-8-18-11-13-9-14(16)5-6-15(13)19-3/h5-6,9,12,17-18H,4,7-8,10-11H2,1-3H3. The van der Waals surface area contributed by atoms with Gasteiger partial charge in [0.1, 0.15) is 5.75 Å². The van der Waals surface area contributed by atoms with Crippen molar-refractivity contribution in [1.29, 1.82) is 0 Å². The Morgan fingerprint density at radius 2 is 1.95 bits per heavy atom. The van der Waals surface area contributed by atoms with E-state index in [2.05, 4.69) is 24.5 Å². The topological polar surface area (TPSA) is 33.3 Å². The molecule has 4 heteroatoms. The van der Waals surface area contributed by atoms with Crippen LogP contribution in [0.25, 0.3) is 0 Å². The molecule has 0 unspecified atom stereocenters. The number of hydrogen-bond donors (Lipinski definition) is 2. The van der Waals surface area contributed by atoms with E-state index in [-0.39, 0.29) is 0 Å². The van der Waals surface area contributed by atoms with E-state index in [9.17, 15) is 0 Å². The van der Waals surface area contributed by atoms with Gasteiger partial charge in [-0.3, -0.25) is 0 Å². The fourth-order valence-corrected chi connectivity index (χ4v) is 2.03. The molecule has 0 radical (unpaired) electrons. The van der Waals surface area contributed by atoms with Gasteiger partial charge in [0.15, 0.2) is 0 Å². The largest absolute Gasteiger partial charge is 0.496 e. The minimum Gasteiger partial charge on any atom is -0.496 e. The lowest BCUT2D eigenvalue weighted by Crippen LogP contribution is -2.24. The molecule has 0 saturated carbocycles. The zero-order valence-electron chi connectivity index (χ0n) is 12.1. The highest BCUT2D eigenvalue weighted by Gasteiger charge is 2.03. The van der Waals surface area contributed by atoms with E-state index >= 15 is 0 Å². The minimum atomic E-state index is 0.712. The molecule has 3 nitrogen and oxygen atoms in total. The Labute approximate surface area is 121 Å². The predicted octanol–water partition coefficient (Wildman–Crippen LogP) is 3.07. The average Bonchev–Trinajstić information content (AvgIpc) is 2.37. The molecule has 0 aliphatic rings. The van der Waals surface area contributed by atoms with E-state index in [0.29, 0.717) is 5.92 Å². The second-order valence-electron chi connectivity index (χ2n) is 5.08. The normalized spacial score (nSPS) is 11.0. The highest BCUT2D eigenvalue weighted by Crippen LogP contribution is 2.22.